The summed E-state index contributed by atoms with van der Waals surface area (Å²) in [6.07, 6.45) is 4.94. The normalized spacial score (nSPS) is 15.3. The third-order valence-electron chi connectivity index (χ3n) is 6.04. The number of carbonyl (C=O) groups excluding carboxylic acids is 1. The van der Waals surface area contributed by atoms with Crippen molar-refractivity contribution in [3.8, 4) is 0 Å². The van der Waals surface area contributed by atoms with Gasteiger partial charge in [-0.3, -0.25) is 24.3 Å². The Balaban J connectivity index is 1.35. The molecule has 0 saturated carbocycles. The maximum absolute atomic E-state index is 12.9. The van der Waals surface area contributed by atoms with E-state index < -0.39 is 14.9 Å². The zero-order valence-corrected chi connectivity index (χ0v) is 19.8. The first-order chi connectivity index (χ1) is 16.6. The van der Waals surface area contributed by atoms with Crippen molar-refractivity contribution in [2.75, 3.05) is 25.9 Å². The average Bonchev–Trinajstić information content (AvgIpc) is 3.24. The fraction of sp³-hybridized carbons (Fsp3) is 0.429. The first kappa shape index (κ1) is 24.5. The largest absolute Gasteiger partial charge is 0.354 e. The number of hydrogen-bond acceptors (Lipinski definition) is 8. The summed E-state index contributed by atoms with van der Waals surface area (Å²) in [6.45, 7) is 1.47. The van der Waals surface area contributed by atoms with Crippen molar-refractivity contribution >= 4 is 32.7 Å². The molecule has 3 heterocycles. The molecule has 0 atom stereocenters. The van der Waals surface area contributed by atoms with E-state index in [-0.39, 0.29) is 36.2 Å². The number of nitro groups is 1. The van der Waals surface area contributed by atoms with Gasteiger partial charge >= 0.3 is 0 Å². The highest BCUT2D eigenvalue weighted by molar-refractivity contribution is 7.88. The molecule has 35 heavy (non-hydrogen) atoms. The SMILES string of the molecule is CS(=O)(=O)N1CCC(C(=O)NCCn2ncc3c(=O)n(Cc4ccc([N+](=O)[O-])cc4)cnc32)CC1. The van der Waals surface area contributed by atoms with E-state index >= 15 is 0 Å². The van der Waals surface area contributed by atoms with Crippen LogP contribution in [-0.2, 0) is 27.9 Å². The molecule has 1 fully saturated rings. The fourth-order valence-corrected chi connectivity index (χ4v) is 4.95. The van der Waals surface area contributed by atoms with E-state index in [1.54, 1.807) is 16.8 Å². The van der Waals surface area contributed by atoms with Gasteiger partial charge in [0.1, 0.15) is 11.7 Å². The molecule has 2 aromatic heterocycles. The Morgan fingerprint density at radius 1 is 1.23 bits per heavy atom. The molecule has 0 radical (unpaired) electrons. The highest BCUT2D eigenvalue weighted by Gasteiger charge is 2.28. The number of hydrogen-bond donors (Lipinski definition) is 1. The lowest BCUT2D eigenvalue weighted by molar-refractivity contribution is -0.384. The van der Waals surface area contributed by atoms with Crippen LogP contribution in [0.3, 0.4) is 0 Å². The average molecular weight is 504 g/mol. The molecule has 0 aliphatic carbocycles. The van der Waals surface area contributed by atoms with Crippen molar-refractivity contribution in [3.05, 3.63) is 62.8 Å². The number of nitrogens with one attached hydrogen (secondary N) is 1. The molecule has 186 valence electrons. The number of piperidine rings is 1. The van der Waals surface area contributed by atoms with Gasteiger partial charge in [0.25, 0.3) is 11.2 Å². The van der Waals surface area contributed by atoms with Crippen molar-refractivity contribution in [2.24, 2.45) is 5.92 Å². The Morgan fingerprint density at radius 2 is 1.91 bits per heavy atom. The second kappa shape index (κ2) is 9.92. The minimum absolute atomic E-state index is 0.0256. The van der Waals surface area contributed by atoms with Crippen molar-refractivity contribution < 1.29 is 18.1 Å². The first-order valence-corrected chi connectivity index (χ1v) is 12.9. The molecule has 14 heteroatoms. The smallest absolute Gasteiger partial charge is 0.269 e. The van der Waals surface area contributed by atoms with Crippen LogP contribution in [0.25, 0.3) is 11.0 Å². The maximum atomic E-state index is 12.9. The molecule has 1 saturated heterocycles. The van der Waals surface area contributed by atoms with Crippen molar-refractivity contribution in [1.29, 1.82) is 0 Å². The number of carbonyl (C=O) groups is 1. The predicted molar refractivity (Wildman–Crippen MR) is 126 cm³/mol. The maximum Gasteiger partial charge on any atom is 0.269 e. The summed E-state index contributed by atoms with van der Waals surface area (Å²) in [4.78, 5) is 40.0. The van der Waals surface area contributed by atoms with Gasteiger partial charge in [0.15, 0.2) is 5.65 Å². The van der Waals surface area contributed by atoms with Crippen LogP contribution in [0.1, 0.15) is 18.4 Å². The fourth-order valence-electron chi connectivity index (χ4n) is 4.07. The van der Waals surface area contributed by atoms with E-state index in [0.717, 1.165) is 5.56 Å². The Hall–Kier alpha value is -3.65. The molecule has 1 aliphatic rings. The van der Waals surface area contributed by atoms with Crippen LogP contribution in [-0.4, -0.2) is 68.8 Å². The molecule has 0 spiro atoms. The molecular weight excluding hydrogens is 478 g/mol. The van der Waals surface area contributed by atoms with E-state index in [9.17, 15) is 28.1 Å². The molecule has 4 rings (SSSR count). The van der Waals surface area contributed by atoms with E-state index in [2.05, 4.69) is 15.4 Å². The number of amides is 1. The van der Waals surface area contributed by atoms with E-state index in [0.29, 0.717) is 43.5 Å². The molecule has 3 aromatic rings. The third kappa shape index (κ3) is 5.54. The van der Waals surface area contributed by atoms with Crippen LogP contribution in [0.5, 0.6) is 0 Å². The van der Waals surface area contributed by atoms with Gasteiger partial charge in [-0.15, -0.1) is 0 Å². The second-order valence-electron chi connectivity index (χ2n) is 8.43. The van der Waals surface area contributed by atoms with Crippen molar-refractivity contribution in [1.82, 2.24) is 29.0 Å². The number of sulfonamides is 1. The monoisotopic (exact) mass is 503 g/mol. The third-order valence-corrected chi connectivity index (χ3v) is 7.34. The summed E-state index contributed by atoms with van der Waals surface area (Å²) in [5.74, 6) is -0.375. The zero-order valence-electron chi connectivity index (χ0n) is 19.0. The number of aromatic nitrogens is 4. The van der Waals surface area contributed by atoms with Crippen LogP contribution >= 0.6 is 0 Å². The molecule has 0 bridgehead atoms. The van der Waals surface area contributed by atoms with Crippen LogP contribution < -0.4 is 10.9 Å². The number of nitro benzene ring substituents is 1. The lowest BCUT2D eigenvalue weighted by Crippen LogP contribution is -2.43. The molecule has 1 aliphatic heterocycles. The summed E-state index contributed by atoms with van der Waals surface area (Å²) < 4.78 is 27.5. The highest BCUT2D eigenvalue weighted by Crippen LogP contribution is 2.19. The molecule has 0 unspecified atom stereocenters. The summed E-state index contributed by atoms with van der Waals surface area (Å²) in [6, 6.07) is 5.94. The summed E-state index contributed by atoms with van der Waals surface area (Å²) in [7, 11) is -3.24. The second-order valence-corrected chi connectivity index (χ2v) is 10.4. The van der Waals surface area contributed by atoms with Crippen LogP contribution in [0.2, 0.25) is 0 Å². The summed E-state index contributed by atoms with van der Waals surface area (Å²) >= 11 is 0. The Bertz CT molecular complexity index is 1410. The van der Waals surface area contributed by atoms with Gasteiger partial charge in [-0.1, -0.05) is 12.1 Å². The van der Waals surface area contributed by atoms with Gasteiger partial charge < -0.3 is 5.32 Å². The first-order valence-electron chi connectivity index (χ1n) is 11.0. The van der Waals surface area contributed by atoms with Crippen LogP contribution in [0.4, 0.5) is 5.69 Å². The van der Waals surface area contributed by atoms with E-state index in [1.165, 1.54) is 39.8 Å². The minimum atomic E-state index is -3.24. The van der Waals surface area contributed by atoms with Gasteiger partial charge in [0, 0.05) is 37.7 Å². The van der Waals surface area contributed by atoms with E-state index in [4.69, 9.17) is 0 Å². The lowest BCUT2D eigenvalue weighted by atomic mass is 9.97. The number of benzene rings is 1. The van der Waals surface area contributed by atoms with Crippen LogP contribution in [0, 0.1) is 16.0 Å². The number of rotatable bonds is 8. The Labute approximate surface area is 200 Å². The van der Waals surface area contributed by atoms with Crippen molar-refractivity contribution in [3.63, 3.8) is 0 Å². The quantitative estimate of drug-likeness (QED) is 0.340. The van der Waals surface area contributed by atoms with Crippen molar-refractivity contribution in [2.45, 2.75) is 25.9 Å². The highest BCUT2D eigenvalue weighted by atomic mass is 32.2. The topological polar surface area (TPSA) is 162 Å². The summed E-state index contributed by atoms with van der Waals surface area (Å²) in [5, 5.41) is 18.2. The number of non-ortho nitro benzene ring substituents is 1. The standard InChI is InChI=1S/C21H25N7O6S/c1-35(33,34)26-9-6-16(7-10-26)20(29)22-8-11-27-19-18(12-24-27)21(30)25(14-23-19)13-15-2-4-17(5-3-15)28(31)32/h2-5,12,14,16H,6-11,13H2,1H3,(H,22,29). The van der Waals surface area contributed by atoms with Gasteiger partial charge in [-0.2, -0.15) is 5.10 Å². The van der Waals surface area contributed by atoms with Gasteiger partial charge in [-0.05, 0) is 18.4 Å². The zero-order chi connectivity index (χ0) is 25.2. The molecule has 1 amide bonds. The lowest BCUT2D eigenvalue weighted by Gasteiger charge is -2.29. The minimum Gasteiger partial charge on any atom is -0.354 e. The number of nitrogens with zero attached hydrogens (tertiary/aromatic N) is 6. The van der Waals surface area contributed by atoms with Gasteiger partial charge in [0.05, 0.1) is 30.5 Å². The van der Waals surface area contributed by atoms with Gasteiger partial charge in [-0.25, -0.2) is 22.4 Å². The Kier molecular flexibility index (Phi) is 6.93. The number of fused-ring (bicyclic) bond motifs is 1. The van der Waals surface area contributed by atoms with Gasteiger partial charge in [0.2, 0.25) is 15.9 Å². The molecular formula is C21H25N7O6S. The van der Waals surface area contributed by atoms with Crippen LogP contribution in [0.15, 0.2) is 41.6 Å². The molecule has 13 nitrogen and oxygen atoms in total. The summed E-state index contributed by atoms with van der Waals surface area (Å²) in [5.41, 5.74) is 0.797. The van der Waals surface area contributed by atoms with E-state index in [1.807, 2.05) is 0 Å². The Morgan fingerprint density at radius 3 is 2.54 bits per heavy atom. The molecule has 1 aromatic carbocycles. The molecule has 1 N–H and O–H groups in total. The predicted octanol–water partition coefficient (Wildman–Crippen LogP) is 0.337.